The van der Waals surface area contributed by atoms with E-state index in [0.29, 0.717) is 25.1 Å². The molecule has 2 rings (SSSR count). The third kappa shape index (κ3) is 4.28. The molecule has 1 aliphatic heterocycles. The van der Waals surface area contributed by atoms with E-state index in [0.717, 1.165) is 25.9 Å². The highest BCUT2D eigenvalue weighted by Crippen LogP contribution is 2.15. The van der Waals surface area contributed by atoms with Gasteiger partial charge in [0.1, 0.15) is 0 Å². The fourth-order valence-electron chi connectivity index (χ4n) is 2.39. The minimum atomic E-state index is -3.53. The predicted molar refractivity (Wildman–Crippen MR) is 83.3 cm³/mol. The molecule has 1 N–H and O–H groups in total. The quantitative estimate of drug-likeness (QED) is 0.765. The van der Waals surface area contributed by atoms with Crippen molar-refractivity contribution < 1.29 is 17.9 Å². The molecule has 0 atom stereocenters. The van der Waals surface area contributed by atoms with Crippen LogP contribution in [0.15, 0.2) is 29.2 Å². The molecule has 7 heteroatoms. The molecule has 1 fully saturated rings. The lowest BCUT2D eigenvalue weighted by atomic mass is 10.2. The van der Waals surface area contributed by atoms with Crippen LogP contribution in [0.5, 0.6) is 0 Å². The lowest BCUT2D eigenvalue weighted by Crippen LogP contribution is -2.28. The van der Waals surface area contributed by atoms with Crippen LogP contribution in [0.4, 0.5) is 0 Å². The van der Waals surface area contributed by atoms with E-state index in [1.54, 1.807) is 24.1 Å². The van der Waals surface area contributed by atoms with Gasteiger partial charge in [-0.05, 0) is 43.5 Å². The summed E-state index contributed by atoms with van der Waals surface area (Å²) in [5.74, 6) is -0.0329. The molecule has 1 saturated heterocycles. The van der Waals surface area contributed by atoms with E-state index < -0.39 is 10.0 Å². The van der Waals surface area contributed by atoms with Crippen LogP contribution in [0.3, 0.4) is 0 Å². The van der Waals surface area contributed by atoms with Gasteiger partial charge in [0.05, 0.1) is 4.90 Å². The molecule has 0 aliphatic carbocycles. The van der Waals surface area contributed by atoms with Crippen molar-refractivity contribution in [3.63, 3.8) is 0 Å². The maximum absolute atomic E-state index is 12.2. The molecular weight excluding hydrogens is 304 g/mol. The lowest BCUT2D eigenvalue weighted by molar-refractivity contribution is 0.0792. The molecule has 1 aliphatic rings. The molecule has 0 bridgehead atoms. The van der Waals surface area contributed by atoms with Crippen molar-refractivity contribution in [3.05, 3.63) is 29.8 Å². The highest BCUT2D eigenvalue weighted by atomic mass is 32.2. The van der Waals surface area contributed by atoms with Crippen molar-refractivity contribution in [2.75, 3.05) is 33.4 Å². The maximum Gasteiger partial charge on any atom is 0.253 e. The predicted octanol–water partition coefficient (Wildman–Crippen LogP) is 1.24. The number of benzene rings is 1. The van der Waals surface area contributed by atoms with Crippen LogP contribution in [0, 0.1) is 0 Å². The van der Waals surface area contributed by atoms with Crippen LogP contribution in [0.25, 0.3) is 0 Å². The van der Waals surface area contributed by atoms with Gasteiger partial charge >= 0.3 is 0 Å². The monoisotopic (exact) mass is 326 g/mol. The van der Waals surface area contributed by atoms with Crippen LogP contribution >= 0.6 is 0 Å². The zero-order valence-corrected chi connectivity index (χ0v) is 13.6. The number of likely N-dealkylation sites (tertiary alicyclic amines) is 1. The minimum Gasteiger partial charge on any atom is -0.385 e. The van der Waals surface area contributed by atoms with Crippen LogP contribution in [0.2, 0.25) is 0 Å². The van der Waals surface area contributed by atoms with E-state index in [9.17, 15) is 13.2 Å². The second-order valence-corrected chi connectivity index (χ2v) is 7.03. The van der Waals surface area contributed by atoms with Crippen molar-refractivity contribution >= 4 is 15.9 Å². The van der Waals surface area contributed by atoms with Gasteiger partial charge in [-0.1, -0.05) is 0 Å². The number of nitrogens with one attached hydrogen (secondary N) is 1. The zero-order chi connectivity index (χ0) is 16.0. The van der Waals surface area contributed by atoms with E-state index >= 15 is 0 Å². The Labute approximate surface area is 131 Å². The van der Waals surface area contributed by atoms with Crippen LogP contribution in [-0.4, -0.2) is 52.6 Å². The van der Waals surface area contributed by atoms with Crippen molar-refractivity contribution in [3.8, 4) is 0 Å². The number of carbonyl (C=O) groups excluding carboxylic acids is 1. The van der Waals surface area contributed by atoms with E-state index in [2.05, 4.69) is 4.72 Å². The molecule has 1 aromatic rings. The molecule has 22 heavy (non-hydrogen) atoms. The average molecular weight is 326 g/mol. The first-order valence-electron chi connectivity index (χ1n) is 7.42. The van der Waals surface area contributed by atoms with Crippen molar-refractivity contribution in [1.82, 2.24) is 9.62 Å². The summed E-state index contributed by atoms with van der Waals surface area (Å²) >= 11 is 0. The fraction of sp³-hybridized carbons (Fsp3) is 0.533. The van der Waals surface area contributed by atoms with Gasteiger partial charge in [0.15, 0.2) is 0 Å². The number of carbonyl (C=O) groups is 1. The molecule has 0 spiro atoms. The topological polar surface area (TPSA) is 75.7 Å². The van der Waals surface area contributed by atoms with E-state index in [4.69, 9.17) is 4.74 Å². The highest BCUT2D eigenvalue weighted by molar-refractivity contribution is 7.89. The Balaban J connectivity index is 1.99. The lowest BCUT2D eigenvalue weighted by Gasteiger charge is -2.15. The molecule has 1 aromatic carbocycles. The third-order valence-electron chi connectivity index (χ3n) is 3.62. The second-order valence-electron chi connectivity index (χ2n) is 5.27. The fourth-order valence-corrected chi connectivity index (χ4v) is 3.46. The second kappa shape index (κ2) is 7.71. The van der Waals surface area contributed by atoms with Crippen molar-refractivity contribution in [1.29, 1.82) is 0 Å². The summed E-state index contributed by atoms with van der Waals surface area (Å²) in [5.41, 5.74) is 0.528. The molecule has 0 unspecified atom stereocenters. The highest BCUT2D eigenvalue weighted by Gasteiger charge is 2.20. The SMILES string of the molecule is COCCCNS(=O)(=O)c1ccc(C(=O)N2CCCC2)cc1. The Morgan fingerprint density at radius 1 is 1.23 bits per heavy atom. The summed E-state index contributed by atoms with van der Waals surface area (Å²) in [7, 11) is -1.96. The van der Waals surface area contributed by atoms with E-state index in [1.165, 1.54) is 12.1 Å². The summed E-state index contributed by atoms with van der Waals surface area (Å²) < 4.78 is 31.6. The first-order chi connectivity index (χ1) is 10.5. The summed E-state index contributed by atoms with van der Waals surface area (Å²) in [6.07, 6.45) is 2.68. The molecule has 0 saturated carbocycles. The molecule has 1 heterocycles. The average Bonchev–Trinajstić information content (AvgIpc) is 3.05. The van der Waals surface area contributed by atoms with Gasteiger partial charge in [0.25, 0.3) is 5.91 Å². The number of hydrogen-bond donors (Lipinski definition) is 1. The number of nitrogens with zero attached hydrogens (tertiary/aromatic N) is 1. The Bertz CT molecular complexity index is 592. The summed E-state index contributed by atoms with van der Waals surface area (Å²) in [6, 6.07) is 6.10. The van der Waals surface area contributed by atoms with E-state index in [-0.39, 0.29) is 10.8 Å². The van der Waals surface area contributed by atoms with Crippen molar-refractivity contribution in [2.45, 2.75) is 24.2 Å². The number of rotatable bonds is 7. The summed E-state index contributed by atoms with van der Waals surface area (Å²) in [6.45, 7) is 2.39. The largest absolute Gasteiger partial charge is 0.385 e. The Morgan fingerprint density at radius 3 is 2.45 bits per heavy atom. The molecule has 6 nitrogen and oxygen atoms in total. The summed E-state index contributed by atoms with van der Waals surface area (Å²) in [4.78, 5) is 14.2. The Kier molecular flexibility index (Phi) is 5.93. The molecule has 0 aromatic heterocycles. The van der Waals surface area contributed by atoms with Crippen LogP contribution < -0.4 is 4.72 Å². The third-order valence-corrected chi connectivity index (χ3v) is 5.10. The van der Waals surface area contributed by atoms with E-state index in [1.807, 2.05) is 0 Å². The molecule has 0 radical (unpaired) electrons. The van der Waals surface area contributed by atoms with Gasteiger partial charge in [-0.15, -0.1) is 0 Å². The van der Waals surface area contributed by atoms with Gasteiger partial charge in [0, 0.05) is 38.9 Å². The minimum absolute atomic E-state index is 0.0329. The summed E-state index contributed by atoms with van der Waals surface area (Å²) in [5, 5.41) is 0. The maximum atomic E-state index is 12.2. The Morgan fingerprint density at radius 2 is 1.86 bits per heavy atom. The van der Waals surface area contributed by atoms with Crippen LogP contribution in [-0.2, 0) is 14.8 Å². The number of sulfonamides is 1. The van der Waals surface area contributed by atoms with Crippen molar-refractivity contribution in [2.24, 2.45) is 0 Å². The number of hydrogen-bond acceptors (Lipinski definition) is 4. The zero-order valence-electron chi connectivity index (χ0n) is 12.7. The number of methoxy groups -OCH3 is 1. The Hall–Kier alpha value is -1.44. The number of amides is 1. The first kappa shape index (κ1) is 16.9. The smallest absolute Gasteiger partial charge is 0.253 e. The van der Waals surface area contributed by atoms with Gasteiger partial charge in [-0.3, -0.25) is 4.79 Å². The van der Waals surface area contributed by atoms with Gasteiger partial charge < -0.3 is 9.64 Å². The van der Waals surface area contributed by atoms with Gasteiger partial charge in [-0.2, -0.15) is 0 Å². The van der Waals surface area contributed by atoms with Crippen LogP contribution in [0.1, 0.15) is 29.6 Å². The molecule has 1 amide bonds. The van der Waals surface area contributed by atoms with Gasteiger partial charge in [0.2, 0.25) is 10.0 Å². The molecule has 122 valence electrons. The normalized spacial score (nSPS) is 15.2. The molecular formula is C15H22N2O4S. The standard InChI is InChI=1S/C15H22N2O4S/c1-21-12-4-9-16-22(19,20)14-7-5-13(6-8-14)15(18)17-10-2-3-11-17/h5-8,16H,2-4,9-12H2,1H3. The van der Waals surface area contributed by atoms with Gasteiger partial charge in [-0.25, -0.2) is 13.1 Å². The number of ether oxygens (including phenoxy) is 1. The first-order valence-corrected chi connectivity index (χ1v) is 8.91.